The molecule has 0 spiro atoms. The molecule has 1 heterocycles. The van der Waals surface area contributed by atoms with E-state index in [-0.39, 0.29) is 0 Å². The van der Waals surface area contributed by atoms with E-state index < -0.39 is 0 Å². The van der Waals surface area contributed by atoms with Gasteiger partial charge in [-0.1, -0.05) is 54.7 Å². The largest absolute Gasteiger partial charge is 0.277 e. The quantitative estimate of drug-likeness (QED) is 0.737. The summed E-state index contributed by atoms with van der Waals surface area (Å²) in [6.07, 6.45) is 1.74. The first-order chi connectivity index (χ1) is 9.86. The second kappa shape index (κ2) is 5.80. The first-order valence-electron chi connectivity index (χ1n) is 6.37. The van der Waals surface area contributed by atoms with Gasteiger partial charge in [-0.15, -0.1) is 0 Å². The highest BCUT2D eigenvalue weighted by Gasteiger charge is 2.08. The van der Waals surface area contributed by atoms with Gasteiger partial charge in [0.15, 0.2) is 0 Å². The number of H-pyrrole nitrogens is 1. The number of nitrogens with one attached hydrogen (secondary N) is 1. The Morgan fingerprint density at radius 2 is 1.75 bits per heavy atom. The van der Waals surface area contributed by atoms with Crippen molar-refractivity contribution >= 4 is 17.8 Å². The van der Waals surface area contributed by atoms with Crippen molar-refractivity contribution in [3.63, 3.8) is 0 Å². The van der Waals surface area contributed by atoms with Crippen LogP contribution in [0.15, 0.2) is 77.0 Å². The van der Waals surface area contributed by atoms with Crippen molar-refractivity contribution in [3.8, 4) is 11.3 Å². The summed E-state index contributed by atoms with van der Waals surface area (Å²) in [4.78, 5) is 2.43. The Morgan fingerprint density at radius 1 is 1.00 bits per heavy atom. The Kier molecular flexibility index (Phi) is 3.70. The fraction of sp³-hybridized carbons (Fsp3) is 0. The number of hydrogen-bond donors (Lipinski definition) is 1. The minimum Gasteiger partial charge on any atom is -0.277 e. The van der Waals surface area contributed by atoms with Crippen LogP contribution in [0.5, 0.6) is 0 Å². The molecule has 0 atom stereocenters. The number of hydrogen-bond acceptors (Lipinski definition) is 2. The van der Waals surface area contributed by atoms with Crippen LogP contribution in [-0.2, 0) is 0 Å². The molecule has 1 N–H and O–H groups in total. The van der Waals surface area contributed by atoms with Crippen LogP contribution >= 0.6 is 11.8 Å². The number of benzene rings is 2. The lowest BCUT2D eigenvalue weighted by molar-refractivity contribution is 1.08. The van der Waals surface area contributed by atoms with Crippen LogP contribution in [0.25, 0.3) is 17.3 Å². The summed E-state index contributed by atoms with van der Waals surface area (Å²) in [6.45, 7) is 3.74. The monoisotopic (exact) mass is 278 g/mol. The Balaban J connectivity index is 1.98. The molecule has 0 unspecified atom stereocenters. The molecule has 3 rings (SSSR count). The first-order valence-corrected chi connectivity index (χ1v) is 7.18. The highest BCUT2D eigenvalue weighted by atomic mass is 32.2. The van der Waals surface area contributed by atoms with Crippen molar-refractivity contribution in [2.45, 2.75) is 9.79 Å². The minimum absolute atomic E-state index is 0.861. The molecule has 2 aromatic carbocycles. The highest BCUT2D eigenvalue weighted by molar-refractivity contribution is 7.99. The van der Waals surface area contributed by atoms with E-state index in [2.05, 4.69) is 59.2 Å². The molecule has 0 amide bonds. The van der Waals surface area contributed by atoms with Gasteiger partial charge in [0.05, 0.1) is 11.4 Å². The van der Waals surface area contributed by atoms with Gasteiger partial charge < -0.3 is 0 Å². The van der Waals surface area contributed by atoms with E-state index in [0.717, 1.165) is 17.0 Å². The van der Waals surface area contributed by atoms with Gasteiger partial charge in [0.1, 0.15) is 0 Å². The van der Waals surface area contributed by atoms with E-state index in [0.29, 0.717) is 0 Å². The van der Waals surface area contributed by atoms with E-state index in [1.54, 1.807) is 17.8 Å². The molecule has 0 radical (unpaired) electrons. The summed E-state index contributed by atoms with van der Waals surface area (Å²) in [5.74, 6) is 0. The SMILES string of the molecule is C=Cc1cc(-c2ccccc2Sc2ccccc2)[nH]n1. The second-order valence-electron chi connectivity index (χ2n) is 4.32. The van der Waals surface area contributed by atoms with Crippen molar-refractivity contribution in [1.29, 1.82) is 0 Å². The summed E-state index contributed by atoms with van der Waals surface area (Å²) in [6, 6.07) is 20.7. The second-order valence-corrected chi connectivity index (χ2v) is 5.44. The average molecular weight is 278 g/mol. The average Bonchev–Trinajstić information content (AvgIpc) is 2.98. The molecule has 3 heteroatoms. The standard InChI is InChI=1S/C17H14N2S/c1-2-13-12-16(19-18-13)15-10-6-7-11-17(15)20-14-8-4-3-5-9-14/h2-12H,1H2,(H,18,19). The number of aromatic nitrogens is 2. The molecule has 20 heavy (non-hydrogen) atoms. The maximum absolute atomic E-state index is 4.21. The molecule has 1 aromatic heterocycles. The van der Waals surface area contributed by atoms with Crippen LogP contribution in [-0.4, -0.2) is 10.2 Å². The fourth-order valence-corrected chi connectivity index (χ4v) is 2.96. The Hall–Kier alpha value is -2.26. The summed E-state index contributed by atoms with van der Waals surface area (Å²) >= 11 is 1.75. The zero-order chi connectivity index (χ0) is 13.8. The molecule has 0 aliphatic rings. The Labute approximate surface area is 122 Å². The number of nitrogens with zero attached hydrogens (tertiary/aromatic N) is 1. The smallest absolute Gasteiger partial charge is 0.0849 e. The van der Waals surface area contributed by atoms with Crippen LogP contribution in [0.3, 0.4) is 0 Å². The number of aromatic amines is 1. The zero-order valence-corrected chi connectivity index (χ0v) is 11.7. The molecule has 0 fully saturated rings. The van der Waals surface area contributed by atoms with Crippen molar-refractivity contribution < 1.29 is 0 Å². The fourth-order valence-electron chi connectivity index (χ4n) is 1.97. The van der Waals surface area contributed by atoms with E-state index in [1.165, 1.54) is 9.79 Å². The van der Waals surface area contributed by atoms with Crippen LogP contribution < -0.4 is 0 Å². The molecule has 0 aliphatic carbocycles. The maximum atomic E-state index is 4.21. The van der Waals surface area contributed by atoms with Crippen molar-refractivity contribution in [2.24, 2.45) is 0 Å². The van der Waals surface area contributed by atoms with E-state index in [4.69, 9.17) is 0 Å². The maximum Gasteiger partial charge on any atom is 0.0849 e. The van der Waals surface area contributed by atoms with E-state index in [9.17, 15) is 0 Å². The molecular weight excluding hydrogens is 264 g/mol. The molecule has 0 saturated heterocycles. The van der Waals surface area contributed by atoms with Gasteiger partial charge in [-0.25, -0.2) is 0 Å². The first kappa shape index (κ1) is 12.8. The van der Waals surface area contributed by atoms with Crippen LogP contribution in [0.1, 0.15) is 5.69 Å². The minimum atomic E-state index is 0.861. The predicted octanol–water partition coefficient (Wildman–Crippen LogP) is 4.87. The number of rotatable bonds is 4. The topological polar surface area (TPSA) is 28.7 Å². The summed E-state index contributed by atoms with van der Waals surface area (Å²) in [5.41, 5.74) is 3.03. The van der Waals surface area contributed by atoms with Gasteiger partial charge in [0, 0.05) is 15.4 Å². The summed E-state index contributed by atoms with van der Waals surface area (Å²) in [5, 5.41) is 7.27. The Morgan fingerprint density at radius 3 is 2.50 bits per heavy atom. The van der Waals surface area contributed by atoms with E-state index >= 15 is 0 Å². The van der Waals surface area contributed by atoms with Gasteiger partial charge >= 0.3 is 0 Å². The van der Waals surface area contributed by atoms with E-state index in [1.807, 2.05) is 18.2 Å². The van der Waals surface area contributed by atoms with Crippen molar-refractivity contribution in [3.05, 3.63) is 72.9 Å². The summed E-state index contributed by atoms with van der Waals surface area (Å²) < 4.78 is 0. The van der Waals surface area contributed by atoms with Gasteiger partial charge in [-0.2, -0.15) is 5.10 Å². The summed E-state index contributed by atoms with van der Waals surface area (Å²) in [7, 11) is 0. The lowest BCUT2D eigenvalue weighted by Crippen LogP contribution is -1.82. The van der Waals surface area contributed by atoms with Crippen molar-refractivity contribution in [1.82, 2.24) is 10.2 Å². The van der Waals surface area contributed by atoms with Crippen molar-refractivity contribution in [2.75, 3.05) is 0 Å². The molecular formula is C17H14N2S. The van der Waals surface area contributed by atoms with Crippen LogP contribution in [0, 0.1) is 0 Å². The lowest BCUT2D eigenvalue weighted by atomic mass is 10.1. The predicted molar refractivity (Wildman–Crippen MR) is 84.7 cm³/mol. The van der Waals surface area contributed by atoms with Gasteiger partial charge in [-0.3, -0.25) is 5.10 Å². The molecule has 0 bridgehead atoms. The third-order valence-electron chi connectivity index (χ3n) is 2.96. The molecule has 3 aromatic rings. The zero-order valence-electron chi connectivity index (χ0n) is 10.9. The normalized spacial score (nSPS) is 10.4. The third kappa shape index (κ3) is 2.68. The molecule has 98 valence electrons. The van der Waals surface area contributed by atoms with Gasteiger partial charge in [0.25, 0.3) is 0 Å². The molecule has 0 saturated carbocycles. The Bertz CT molecular complexity index is 717. The van der Waals surface area contributed by atoms with Crippen LogP contribution in [0.4, 0.5) is 0 Å². The van der Waals surface area contributed by atoms with Crippen LogP contribution in [0.2, 0.25) is 0 Å². The third-order valence-corrected chi connectivity index (χ3v) is 4.04. The molecule has 2 nitrogen and oxygen atoms in total. The highest BCUT2D eigenvalue weighted by Crippen LogP contribution is 2.35. The van der Waals surface area contributed by atoms with Gasteiger partial charge in [-0.05, 0) is 30.3 Å². The molecule has 0 aliphatic heterocycles. The van der Waals surface area contributed by atoms with Gasteiger partial charge in [0.2, 0.25) is 0 Å². The lowest BCUT2D eigenvalue weighted by Gasteiger charge is -2.07.